The number of carbonyl (C=O) groups excluding carboxylic acids is 1. The molecule has 0 bridgehead atoms. The van der Waals surface area contributed by atoms with Crippen LogP contribution in [0.3, 0.4) is 0 Å². The van der Waals surface area contributed by atoms with Crippen LogP contribution in [0.25, 0.3) is 0 Å². The van der Waals surface area contributed by atoms with Gasteiger partial charge in [0.2, 0.25) is 0 Å². The maximum atomic E-state index is 10.4. The largest absolute Gasteiger partial charge is 0.508 e. The molecule has 1 N–H and O–H groups in total. The van der Waals surface area contributed by atoms with Crippen molar-refractivity contribution >= 4 is 26.7 Å². The van der Waals surface area contributed by atoms with Crippen molar-refractivity contribution in [2.24, 2.45) is 0 Å². The number of hydrogen-bond donors (Lipinski definition) is 1. The minimum Gasteiger partial charge on any atom is -0.508 e. The van der Waals surface area contributed by atoms with Gasteiger partial charge in [-0.2, -0.15) is 0 Å². The molecule has 0 amide bonds. The van der Waals surface area contributed by atoms with E-state index in [0.717, 1.165) is 7.37 Å². The van der Waals surface area contributed by atoms with Crippen LogP contribution in [0.2, 0.25) is 6.82 Å². The Kier molecular flexibility index (Phi) is 3.70. The van der Waals surface area contributed by atoms with Crippen LogP contribution in [0, 0.1) is 0 Å². The fourth-order valence-corrected chi connectivity index (χ4v) is 0.265. The highest BCUT2D eigenvalue weighted by atomic mass is 16.2. The van der Waals surface area contributed by atoms with E-state index in [9.17, 15) is 4.79 Å². The SMILES string of the molecule is CB([B-][B]O)C(C)=O. The Labute approximate surface area is 51.2 Å². The van der Waals surface area contributed by atoms with Gasteiger partial charge in [0, 0.05) is 5.68 Å². The molecule has 0 unspecified atom stereocenters. The summed E-state index contributed by atoms with van der Waals surface area (Å²) in [7, 11) is 2.34. The van der Waals surface area contributed by atoms with Gasteiger partial charge in [-0.1, -0.05) is 0 Å². The van der Waals surface area contributed by atoms with Crippen molar-refractivity contribution in [3.63, 3.8) is 0 Å². The van der Waals surface area contributed by atoms with E-state index in [1.807, 2.05) is 0 Å². The van der Waals surface area contributed by atoms with E-state index in [1.54, 1.807) is 6.82 Å². The Morgan fingerprint density at radius 3 is 2.50 bits per heavy atom. The zero-order valence-electron chi connectivity index (χ0n) is 5.09. The van der Waals surface area contributed by atoms with E-state index < -0.39 is 0 Å². The third kappa shape index (κ3) is 2.91. The van der Waals surface area contributed by atoms with Gasteiger partial charge in [-0.15, -0.1) is 6.82 Å². The molecule has 0 spiro atoms. The molecule has 0 aliphatic rings. The van der Waals surface area contributed by atoms with Crippen LogP contribution in [-0.2, 0) is 4.79 Å². The first-order chi connectivity index (χ1) is 3.68. The monoisotopic (exact) mass is 108 g/mol. The second-order valence-electron chi connectivity index (χ2n) is 1.74. The molecule has 0 saturated heterocycles. The number of rotatable bonds is 3. The average molecular weight is 108 g/mol. The minimum atomic E-state index is -0.153. The summed E-state index contributed by atoms with van der Waals surface area (Å²) in [5, 5.41) is 8.15. The van der Waals surface area contributed by atoms with E-state index in [0.29, 0.717) is 0 Å². The summed E-state index contributed by atoms with van der Waals surface area (Å²) in [6.07, 6.45) is 0. The Balaban J connectivity index is 3.32. The highest BCUT2D eigenvalue weighted by Crippen LogP contribution is 1.77. The molecule has 2 nitrogen and oxygen atoms in total. The molecule has 0 aliphatic carbocycles. The number of hydrogen-bond acceptors (Lipinski definition) is 2. The zero-order valence-corrected chi connectivity index (χ0v) is 5.09. The van der Waals surface area contributed by atoms with Gasteiger partial charge in [0.05, 0.1) is 0 Å². The molecule has 0 aromatic rings. The summed E-state index contributed by atoms with van der Waals surface area (Å²) in [4.78, 5) is 10.4. The molecule has 0 rings (SSSR count). The van der Waals surface area contributed by atoms with Crippen molar-refractivity contribution in [2.45, 2.75) is 13.7 Å². The van der Waals surface area contributed by atoms with Crippen molar-refractivity contribution in [1.29, 1.82) is 0 Å². The first-order valence-corrected chi connectivity index (χ1v) is 2.50. The Hall–Kier alpha value is -0.175. The van der Waals surface area contributed by atoms with Crippen LogP contribution in [-0.4, -0.2) is 31.7 Å². The van der Waals surface area contributed by atoms with Gasteiger partial charge in [-0.05, 0) is 20.9 Å². The molecule has 3 radical (unpaired) electrons. The normalized spacial score (nSPS) is 8.38. The third-order valence-corrected chi connectivity index (χ3v) is 1.02. The van der Waals surface area contributed by atoms with Gasteiger partial charge in [-0.25, -0.2) is 0 Å². The lowest BCUT2D eigenvalue weighted by molar-refractivity contribution is -0.110. The lowest BCUT2D eigenvalue weighted by Gasteiger charge is -2.13. The van der Waals surface area contributed by atoms with Gasteiger partial charge in [0.15, 0.2) is 0 Å². The quantitative estimate of drug-likeness (QED) is 0.468. The van der Waals surface area contributed by atoms with E-state index in [2.05, 4.69) is 0 Å². The van der Waals surface area contributed by atoms with Crippen molar-refractivity contribution in [2.75, 3.05) is 0 Å². The summed E-state index contributed by atoms with van der Waals surface area (Å²) in [6.45, 7) is 3.07. The molecule has 5 heteroatoms. The van der Waals surface area contributed by atoms with E-state index in [-0.39, 0.29) is 12.3 Å². The standard InChI is InChI=1S/C3H7B3O2/c1-3(7)6(2)4-5-8/h8H,1-2H3/q-1. The maximum Gasteiger partial charge on any atom is 0.0433 e. The second-order valence-corrected chi connectivity index (χ2v) is 1.74. The molecular formula is C3H7B3O2-. The van der Waals surface area contributed by atoms with Crippen LogP contribution in [0.15, 0.2) is 0 Å². The molecule has 8 heavy (non-hydrogen) atoms. The fraction of sp³-hybridized carbons (Fsp3) is 0.667. The smallest absolute Gasteiger partial charge is 0.0433 e. The molecule has 0 aliphatic heterocycles. The molecule has 0 saturated carbocycles. The summed E-state index contributed by atoms with van der Waals surface area (Å²) < 4.78 is 0. The van der Waals surface area contributed by atoms with Crippen molar-refractivity contribution in [3.05, 3.63) is 0 Å². The summed E-state index contributed by atoms with van der Waals surface area (Å²) in [5.41, 5.74) is 0.0651. The van der Waals surface area contributed by atoms with E-state index in [4.69, 9.17) is 5.02 Å². The summed E-state index contributed by atoms with van der Waals surface area (Å²) in [5.74, 6) is 0. The van der Waals surface area contributed by atoms with Crippen LogP contribution >= 0.6 is 0 Å². The highest BCUT2D eigenvalue weighted by molar-refractivity contribution is 7.42. The van der Waals surface area contributed by atoms with Crippen LogP contribution < -0.4 is 0 Å². The maximum absolute atomic E-state index is 10.4. The fourth-order valence-electron chi connectivity index (χ4n) is 0.265. The molecule has 41 valence electrons. The zero-order chi connectivity index (χ0) is 6.57. The highest BCUT2D eigenvalue weighted by Gasteiger charge is 1.94. The molecule has 0 aromatic carbocycles. The topological polar surface area (TPSA) is 37.3 Å². The average Bonchev–Trinajstić information content (AvgIpc) is 1.67. The molecule has 0 atom stereocenters. The summed E-state index contributed by atoms with van der Waals surface area (Å²) in [6, 6.07) is 0. The van der Waals surface area contributed by atoms with Crippen LogP contribution in [0.4, 0.5) is 0 Å². The first kappa shape index (κ1) is 7.82. The predicted molar refractivity (Wildman–Crippen MR) is 36.0 cm³/mol. The Morgan fingerprint density at radius 1 is 1.88 bits per heavy atom. The van der Waals surface area contributed by atoms with Gasteiger partial charge in [-0.3, -0.25) is 0 Å². The van der Waals surface area contributed by atoms with Crippen molar-refractivity contribution < 1.29 is 9.82 Å². The second kappa shape index (κ2) is 3.78. The third-order valence-electron chi connectivity index (χ3n) is 1.02. The first-order valence-electron chi connectivity index (χ1n) is 2.50. The van der Waals surface area contributed by atoms with Crippen molar-refractivity contribution in [3.8, 4) is 0 Å². The van der Waals surface area contributed by atoms with Crippen LogP contribution in [0.1, 0.15) is 6.92 Å². The van der Waals surface area contributed by atoms with Gasteiger partial charge in [0.1, 0.15) is 0 Å². The van der Waals surface area contributed by atoms with E-state index >= 15 is 0 Å². The van der Waals surface area contributed by atoms with Gasteiger partial charge >= 0.3 is 0 Å². The summed E-state index contributed by atoms with van der Waals surface area (Å²) >= 11 is 0. The minimum absolute atomic E-state index is 0.0651. The van der Waals surface area contributed by atoms with E-state index in [1.165, 1.54) is 14.0 Å². The van der Waals surface area contributed by atoms with Gasteiger partial charge in [0.25, 0.3) is 0 Å². The molecule has 0 heterocycles. The number of carbonyl (C=O) groups is 1. The Morgan fingerprint density at radius 2 is 2.38 bits per heavy atom. The lowest BCUT2D eigenvalue weighted by atomic mass is 9.12. The Bertz CT molecular complexity index is 84.6. The van der Waals surface area contributed by atoms with Crippen LogP contribution in [0.5, 0.6) is 0 Å². The lowest BCUT2D eigenvalue weighted by Crippen LogP contribution is -2.31. The molecule has 0 fully saturated rings. The van der Waals surface area contributed by atoms with Crippen molar-refractivity contribution in [1.82, 2.24) is 0 Å². The molecular weight excluding hydrogens is 100 g/mol. The molecule has 0 aromatic heterocycles. The predicted octanol–water partition coefficient (Wildman–Crippen LogP) is -1.03. The van der Waals surface area contributed by atoms with Gasteiger partial charge < -0.3 is 16.9 Å².